The van der Waals surface area contributed by atoms with Gasteiger partial charge in [-0.3, -0.25) is 0 Å². The van der Waals surface area contributed by atoms with E-state index in [4.69, 9.17) is 16.3 Å². The van der Waals surface area contributed by atoms with Crippen LogP contribution in [-0.2, 0) is 0 Å². The molecule has 0 fully saturated rings. The quantitative estimate of drug-likeness (QED) is 0.752. The van der Waals surface area contributed by atoms with Gasteiger partial charge in [0.1, 0.15) is 17.3 Å². The van der Waals surface area contributed by atoms with Gasteiger partial charge in [0, 0.05) is 17.8 Å². The highest BCUT2D eigenvalue weighted by Gasteiger charge is 2.08. The molecule has 0 bridgehead atoms. The Balaban J connectivity index is 2.02. The molecule has 0 unspecified atom stereocenters. The summed E-state index contributed by atoms with van der Waals surface area (Å²) >= 11 is 5.91. The van der Waals surface area contributed by atoms with Crippen molar-refractivity contribution in [3.63, 3.8) is 0 Å². The minimum Gasteiger partial charge on any atom is -0.494 e. The van der Waals surface area contributed by atoms with E-state index in [2.05, 4.69) is 20.4 Å². The topological polar surface area (TPSA) is 64.3 Å². The number of anilines is 2. The molecule has 0 amide bonds. The van der Waals surface area contributed by atoms with Crippen molar-refractivity contribution in [3.05, 3.63) is 41.6 Å². The summed E-state index contributed by atoms with van der Waals surface area (Å²) in [6, 6.07) is 6.02. The lowest BCUT2D eigenvalue weighted by molar-refractivity contribution is 0.387. The highest BCUT2D eigenvalue weighted by Crippen LogP contribution is 2.25. The lowest BCUT2D eigenvalue weighted by Gasteiger charge is -2.10. The predicted octanol–water partition coefficient (Wildman–Crippen LogP) is 2.67. The molecule has 0 aliphatic heterocycles. The second kappa shape index (κ2) is 4.93. The van der Waals surface area contributed by atoms with Crippen LogP contribution in [0.2, 0.25) is 5.15 Å². The molecule has 0 atom stereocenters. The number of nitrogens with one attached hydrogen (secondary N) is 1. The lowest BCUT2D eigenvalue weighted by Crippen LogP contribution is -2.02. The zero-order chi connectivity index (χ0) is 14.1. The molecule has 8 heteroatoms. The van der Waals surface area contributed by atoms with Crippen LogP contribution >= 0.6 is 11.6 Å². The summed E-state index contributed by atoms with van der Waals surface area (Å²) in [4.78, 5) is 7.98. The van der Waals surface area contributed by atoms with Crippen LogP contribution in [0.25, 0.3) is 5.78 Å². The number of aromatic nitrogens is 4. The maximum absolute atomic E-state index is 13.4. The highest BCUT2D eigenvalue weighted by atomic mass is 35.5. The standard InChI is InChI=1S/C12H9ClFN5O/c1-20-9-4-7(2-3-8(9)14)17-11-5-10(13)18-12-15-6-16-19(11)12/h2-6,17H,1H3. The van der Waals surface area contributed by atoms with E-state index in [1.165, 1.54) is 30.1 Å². The smallest absolute Gasteiger partial charge is 0.255 e. The summed E-state index contributed by atoms with van der Waals surface area (Å²) in [7, 11) is 1.40. The van der Waals surface area contributed by atoms with Gasteiger partial charge in [0.2, 0.25) is 0 Å². The van der Waals surface area contributed by atoms with Gasteiger partial charge in [-0.2, -0.15) is 19.6 Å². The molecule has 0 saturated heterocycles. The van der Waals surface area contributed by atoms with Crippen LogP contribution in [0.1, 0.15) is 0 Å². The van der Waals surface area contributed by atoms with Crippen LogP contribution in [-0.4, -0.2) is 26.7 Å². The third-order valence-electron chi connectivity index (χ3n) is 2.64. The molecule has 3 aromatic rings. The van der Waals surface area contributed by atoms with Crippen molar-refractivity contribution >= 4 is 28.9 Å². The summed E-state index contributed by atoms with van der Waals surface area (Å²) in [6.45, 7) is 0. The zero-order valence-corrected chi connectivity index (χ0v) is 11.1. The van der Waals surface area contributed by atoms with Gasteiger partial charge in [0.15, 0.2) is 11.6 Å². The van der Waals surface area contributed by atoms with Gasteiger partial charge in [-0.1, -0.05) is 11.6 Å². The van der Waals surface area contributed by atoms with Crippen LogP contribution in [0.15, 0.2) is 30.6 Å². The summed E-state index contributed by atoms with van der Waals surface area (Å²) in [5.41, 5.74) is 0.627. The van der Waals surface area contributed by atoms with Crippen LogP contribution in [0.4, 0.5) is 15.9 Å². The molecule has 0 saturated carbocycles. The van der Waals surface area contributed by atoms with Crippen molar-refractivity contribution < 1.29 is 9.13 Å². The first-order valence-electron chi connectivity index (χ1n) is 5.64. The third-order valence-corrected chi connectivity index (χ3v) is 2.84. The largest absolute Gasteiger partial charge is 0.494 e. The van der Waals surface area contributed by atoms with Crippen molar-refractivity contribution in [2.24, 2.45) is 0 Å². The van der Waals surface area contributed by atoms with E-state index in [-0.39, 0.29) is 10.9 Å². The Morgan fingerprint density at radius 2 is 2.20 bits per heavy atom. The molecule has 0 radical (unpaired) electrons. The van der Waals surface area contributed by atoms with Gasteiger partial charge in [0.25, 0.3) is 5.78 Å². The monoisotopic (exact) mass is 293 g/mol. The summed E-state index contributed by atoms with van der Waals surface area (Å²) in [5.74, 6) is 0.641. The Morgan fingerprint density at radius 3 is 3.00 bits per heavy atom. The van der Waals surface area contributed by atoms with E-state index in [1.54, 1.807) is 12.1 Å². The van der Waals surface area contributed by atoms with E-state index >= 15 is 0 Å². The molecular weight excluding hydrogens is 285 g/mol. The van der Waals surface area contributed by atoms with Crippen molar-refractivity contribution in [2.75, 3.05) is 12.4 Å². The Labute approximate surface area is 118 Å². The van der Waals surface area contributed by atoms with Gasteiger partial charge < -0.3 is 10.1 Å². The maximum atomic E-state index is 13.4. The molecule has 0 aliphatic rings. The zero-order valence-electron chi connectivity index (χ0n) is 10.3. The van der Waals surface area contributed by atoms with Gasteiger partial charge in [-0.15, -0.1) is 0 Å². The second-order valence-electron chi connectivity index (χ2n) is 3.91. The number of hydrogen-bond acceptors (Lipinski definition) is 5. The molecule has 0 spiro atoms. The van der Waals surface area contributed by atoms with Crippen LogP contribution in [0.3, 0.4) is 0 Å². The molecule has 0 aliphatic carbocycles. The minimum absolute atomic E-state index is 0.144. The minimum atomic E-state index is -0.434. The third kappa shape index (κ3) is 2.23. The SMILES string of the molecule is COc1cc(Nc2cc(Cl)nc3ncnn23)ccc1F. The molecule has 6 nitrogen and oxygen atoms in total. The van der Waals surface area contributed by atoms with E-state index in [0.29, 0.717) is 17.3 Å². The number of benzene rings is 1. The summed E-state index contributed by atoms with van der Waals surface area (Å²) in [6.07, 6.45) is 1.37. The summed E-state index contributed by atoms with van der Waals surface area (Å²) < 4.78 is 19.8. The first-order chi connectivity index (χ1) is 9.67. The first kappa shape index (κ1) is 12.6. The Kier molecular flexibility index (Phi) is 3.11. The number of nitrogens with zero attached hydrogens (tertiary/aromatic N) is 4. The Bertz CT molecular complexity index is 776. The maximum Gasteiger partial charge on any atom is 0.255 e. The van der Waals surface area contributed by atoms with Crippen molar-refractivity contribution in [1.29, 1.82) is 0 Å². The molecule has 102 valence electrons. The Morgan fingerprint density at radius 1 is 1.35 bits per heavy atom. The van der Waals surface area contributed by atoms with Crippen molar-refractivity contribution in [1.82, 2.24) is 19.6 Å². The number of fused-ring (bicyclic) bond motifs is 1. The number of hydrogen-bond donors (Lipinski definition) is 1. The van der Waals surface area contributed by atoms with E-state index < -0.39 is 5.82 Å². The predicted molar refractivity (Wildman–Crippen MR) is 72.0 cm³/mol. The van der Waals surface area contributed by atoms with Crippen LogP contribution in [0, 0.1) is 5.82 Å². The van der Waals surface area contributed by atoms with Gasteiger partial charge in [-0.05, 0) is 12.1 Å². The fourth-order valence-corrected chi connectivity index (χ4v) is 1.94. The molecule has 2 aromatic heterocycles. The van der Waals surface area contributed by atoms with Gasteiger partial charge >= 0.3 is 0 Å². The molecular formula is C12H9ClFN5O. The number of halogens is 2. The molecule has 1 N–H and O–H groups in total. The van der Waals surface area contributed by atoms with Crippen molar-refractivity contribution in [3.8, 4) is 5.75 Å². The molecule has 20 heavy (non-hydrogen) atoms. The molecule has 3 rings (SSSR count). The van der Waals surface area contributed by atoms with Crippen LogP contribution in [0.5, 0.6) is 5.75 Å². The van der Waals surface area contributed by atoms with E-state index in [0.717, 1.165) is 0 Å². The summed E-state index contributed by atoms with van der Waals surface area (Å²) in [5, 5.41) is 7.38. The molecule has 2 heterocycles. The fourth-order valence-electron chi connectivity index (χ4n) is 1.76. The normalized spacial score (nSPS) is 10.8. The first-order valence-corrected chi connectivity index (χ1v) is 6.02. The van der Waals surface area contributed by atoms with Gasteiger partial charge in [-0.25, -0.2) is 4.39 Å². The highest BCUT2D eigenvalue weighted by molar-refractivity contribution is 6.29. The fraction of sp³-hybridized carbons (Fsp3) is 0.0833. The average Bonchev–Trinajstić information content (AvgIpc) is 2.89. The van der Waals surface area contributed by atoms with Crippen molar-refractivity contribution in [2.45, 2.75) is 0 Å². The average molecular weight is 294 g/mol. The Hall–Kier alpha value is -2.41. The van der Waals surface area contributed by atoms with Crippen LogP contribution < -0.4 is 10.1 Å². The number of rotatable bonds is 3. The number of ether oxygens (including phenoxy) is 1. The van der Waals surface area contributed by atoms with Gasteiger partial charge in [0.05, 0.1) is 7.11 Å². The van der Waals surface area contributed by atoms with E-state index in [1.807, 2.05) is 0 Å². The molecule has 1 aromatic carbocycles. The second-order valence-corrected chi connectivity index (χ2v) is 4.30. The lowest BCUT2D eigenvalue weighted by atomic mass is 10.3. The number of methoxy groups -OCH3 is 1. The van der Waals surface area contributed by atoms with E-state index in [9.17, 15) is 4.39 Å².